The maximum Gasteiger partial charge on any atom is 0.317 e. The normalized spacial score (nSPS) is 9.92. The minimum atomic E-state index is -0.854. The Morgan fingerprint density at radius 1 is 1.69 bits per heavy atom. The zero-order valence-electron chi connectivity index (χ0n) is 7.45. The molecule has 0 aliphatic rings. The molecular weight excluding hydrogens is 168 g/mol. The van der Waals surface area contributed by atoms with Gasteiger partial charge in [-0.05, 0) is 24.6 Å². The Hall–Kier alpha value is -1.42. The van der Waals surface area contributed by atoms with Crippen LogP contribution in [0, 0.1) is 6.92 Å². The first-order chi connectivity index (χ1) is 6.18. The maximum absolute atomic E-state index is 10.2. The van der Waals surface area contributed by atoms with E-state index in [-0.39, 0.29) is 6.54 Å². The molecule has 4 nitrogen and oxygen atoms in total. The number of nitrogens with one attached hydrogen (secondary N) is 1. The fourth-order valence-electron chi connectivity index (χ4n) is 0.993. The second kappa shape index (κ2) is 4.57. The van der Waals surface area contributed by atoms with Gasteiger partial charge in [-0.3, -0.25) is 9.78 Å². The molecule has 0 amide bonds. The lowest BCUT2D eigenvalue weighted by atomic mass is 10.2. The predicted molar refractivity (Wildman–Crippen MR) is 48.3 cm³/mol. The molecule has 0 aromatic carbocycles. The zero-order valence-corrected chi connectivity index (χ0v) is 7.45. The average Bonchev–Trinajstić information content (AvgIpc) is 2.03. The number of hydrogen-bond donors (Lipinski definition) is 2. The number of aryl methyl sites for hydroxylation is 1. The summed E-state index contributed by atoms with van der Waals surface area (Å²) in [5, 5.41) is 11.1. The number of nitrogens with zero attached hydrogens (tertiary/aromatic N) is 1. The summed E-state index contributed by atoms with van der Waals surface area (Å²) >= 11 is 0. The SMILES string of the molecule is Cc1ccnc(CNCC(=O)O)c1. The molecule has 13 heavy (non-hydrogen) atoms. The van der Waals surface area contributed by atoms with Gasteiger partial charge in [0.15, 0.2) is 0 Å². The van der Waals surface area contributed by atoms with Crippen molar-refractivity contribution in [3.63, 3.8) is 0 Å². The molecular formula is C9H12N2O2. The van der Waals surface area contributed by atoms with Crippen LogP contribution < -0.4 is 5.32 Å². The molecule has 0 aliphatic carbocycles. The van der Waals surface area contributed by atoms with Crippen molar-refractivity contribution in [2.45, 2.75) is 13.5 Å². The van der Waals surface area contributed by atoms with E-state index in [2.05, 4.69) is 10.3 Å². The molecule has 0 atom stereocenters. The summed E-state index contributed by atoms with van der Waals surface area (Å²) in [4.78, 5) is 14.3. The monoisotopic (exact) mass is 180 g/mol. The van der Waals surface area contributed by atoms with Crippen molar-refractivity contribution in [3.8, 4) is 0 Å². The van der Waals surface area contributed by atoms with Gasteiger partial charge in [-0.15, -0.1) is 0 Å². The van der Waals surface area contributed by atoms with Crippen LogP contribution in [0.2, 0.25) is 0 Å². The molecule has 0 fully saturated rings. The molecule has 2 N–H and O–H groups in total. The number of rotatable bonds is 4. The van der Waals surface area contributed by atoms with Crippen molar-refractivity contribution in [1.29, 1.82) is 0 Å². The Kier molecular flexibility index (Phi) is 3.40. The van der Waals surface area contributed by atoms with Gasteiger partial charge in [0.25, 0.3) is 0 Å². The highest BCUT2D eigenvalue weighted by Gasteiger charge is 1.97. The van der Waals surface area contributed by atoms with E-state index < -0.39 is 5.97 Å². The van der Waals surface area contributed by atoms with Gasteiger partial charge < -0.3 is 10.4 Å². The van der Waals surface area contributed by atoms with Crippen molar-refractivity contribution >= 4 is 5.97 Å². The number of carboxylic acids is 1. The zero-order chi connectivity index (χ0) is 9.68. The van der Waals surface area contributed by atoms with Gasteiger partial charge in [-0.25, -0.2) is 0 Å². The van der Waals surface area contributed by atoms with Crippen molar-refractivity contribution in [2.24, 2.45) is 0 Å². The van der Waals surface area contributed by atoms with Crippen LogP contribution in [0.3, 0.4) is 0 Å². The Bertz CT molecular complexity index is 299. The molecule has 0 saturated carbocycles. The average molecular weight is 180 g/mol. The van der Waals surface area contributed by atoms with Crippen LogP contribution in [0.15, 0.2) is 18.3 Å². The van der Waals surface area contributed by atoms with E-state index in [0.29, 0.717) is 6.54 Å². The van der Waals surface area contributed by atoms with Gasteiger partial charge in [0.2, 0.25) is 0 Å². The van der Waals surface area contributed by atoms with E-state index in [1.165, 1.54) is 0 Å². The summed E-state index contributed by atoms with van der Waals surface area (Å²) in [5.74, 6) is -0.854. The fourth-order valence-corrected chi connectivity index (χ4v) is 0.993. The van der Waals surface area contributed by atoms with Crippen LogP contribution in [-0.4, -0.2) is 22.6 Å². The molecule has 1 heterocycles. The molecule has 0 aliphatic heterocycles. The number of pyridine rings is 1. The Labute approximate surface area is 76.6 Å². The molecule has 1 aromatic rings. The second-order valence-corrected chi connectivity index (χ2v) is 2.82. The molecule has 0 bridgehead atoms. The summed E-state index contributed by atoms with van der Waals surface area (Å²) < 4.78 is 0. The summed E-state index contributed by atoms with van der Waals surface area (Å²) in [6.07, 6.45) is 1.72. The topological polar surface area (TPSA) is 62.2 Å². The van der Waals surface area contributed by atoms with Gasteiger partial charge in [0, 0.05) is 12.7 Å². The van der Waals surface area contributed by atoms with Gasteiger partial charge in [0.05, 0.1) is 12.2 Å². The highest BCUT2D eigenvalue weighted by atomic mass is 16.4. The van der Waals surface area contributed by atoms with Crippen LogP contribution in [-0.2, 0) is 11.3 Å². The number of aromatic nitrogens is 1. The summed E-state index contributed by atoms with van der Waals surface area (Å²) in [5.41, 5.74) is 1.99. The lowest BCUT2D eigenvalue weighted by molar-refractivity contribution is -0.135. The van der Waals surface area contributed by atoms with E-state index in [9.17, 15) is 4.79 Å². The number of aliphatic carboxylic acids is 1. The second-order valence-electron chi connectivity index (χ2n) is 2.82. The van der Waals surface area contributed by atoms with E-state index in [4.69, 9.17) is 5.11 Å². The molecule has 70 valence electrons. The molecule has 1 rings (SSSR count). The first kappa shape index (κ1) is 9.67. The number of carbonyl (C=O) groups is 1. The lowest BCUT2D eigenvalue weighted by Crippen LogP contribution is -2.22. The highest BCUT2D eigenvalue weighted by molar-refractivity contribution is 5.68. The molecule has 0 unspecified atom stereocenters. The summed E-state index contributed by atoms with van der Waals surface area (Å²) in [6.45, 7) is 2.44. The van der Waals surface area contributed by atoms with Crippen molar-refractivity contribution in [1.82, 2.24) is 10.3 Å². The van der Waals surface area contributed by atoms with Gasteiger partial charge in [-0.1, -0.05) is 0 Å². The van der Waals surface area contributed by atoms with Gasteiger partial charge in [0.1, 0.15) is 0 Å². The predicted octanol–water partition coefficient (Wildman–Crippen LogP) is 0.564. The first-order valence-electron chi connectivity index (χ1n) is 4.02. The largest absolute Gasteiger partial charge is 0.480 e. The molecule has 1 aromatic heterocycles. The van der Waals surface area contributed by atoms with E-state index >= 15 is 0 Å². The third kappa shape index (κ3) is 3.66. The summed E-state index contributed by atoms with van der Waals surface area (Å²) in [6, 6.07) is 3.83. The first-order valence-corrected chi connectivity index (χ1v) is 4.02. The Morgan fingerprint density at radius 3 is 3.08 bits per heavy atom. The van der Waals surface area contributed by atoms with Crippen LogP contribution in [0.4, 0.5) is 0 Å². The number of carboxylic acid groups (broad SMARTS) is 1. The van der Waals surface area contributed by atoms with Crippen LogP contribution >= 0.6 is 0 Å². The molecule has 0 radical (unpaired) electrons. The van der Waals surface area contributed by atoms with E-state index in [1.807, 2.05) is 19.1 Å². The molecule has 4 heteroatoms. The van der Waals surface area contributed by atoms with E-state index in [1.54, 1.807) is 6.20 Å². The van der Waals surface area contributed by atoms with Crippen LogP contribution in [0.25, 0.3) is 0 Å². The smallest absolute Gasteiger partial charge is 0.317 e. The van der Waals surface area contributed by atoms with Crippen molar-refractivity contribution in [2.75, 3.05) is 6.54 Å². The van der Waals surface area contributed by atoms with Crippen LogP contribution in [0.1, 0.15) is 11.3 Å². The summed E-state index contributed by atoms with van der Waals surface area (Å²) in [7, 11) is 0. The standard InChI is InChI=1S/C9H12N2O2/c1-7-2-3-11-8(4-7)5-10-6-9(12)13/h2-4,10H,5-6H2,1H3,(H,12,13). The third-order valence-corrected chi connectivity index (χ3v) is 1.55. The fraction of sp³-hybridized carbons (Fsp3) is 0.333. The maximum atomic E-state index is 10.2. The Balaban J connectivity index is 2.41. The third-order valence-electron chi connectivity index (χ3n) is 1.55. The minimum absolute atomic E-state index is 0.0321. The highest BCUT2D eigenvalue weighted by Crippen LogP contribution is 1.98. The van der Waals surface area contributed by atoms with Crippen molar-refractivity contribution in [3.05, 3.63) is 29.6 Å². The van der Waals surface area contributed by atoms with Gasteiger partial charge in [-0.2, -0.15) is 0 Å². The molecule has 0 saturated heterocycles. The van der Waals surface area contributed by atoms with E-state index in [0.717, 1.165) is 11.3 Å². The van der Waals surface area contributed by atoms with Crippen molar-refractivity contribution < 1.29 is 9.90 Å². The van der Waals surface area contributed by atoms with Gasteiger partial charge >= 0.3 is 5.97 Å². The number of hydrogen-bond acceptors (Lipinski definition) is 3. The molecule has 0 spiro atoms. The Morgan fingerprint density at radius 2 is 2.46 bits per heavy atom. The lowest BCUT2D eigenvalue weighted by Gasteiger charge is -2.01. The van der Waals surface area contributed by atoms with Crippen LogP contribution in [0.5, 0.6) is 0 Å². The minimum Gasteiger partial charge on any atom is -0.480 e. The quantitative estimate of drug-likeness (QED) is 0.710.